The number of para-hydroxylation sites is 4. The molecule has 2 aliphatic rings. The van der Waals surface area contributed by atoms with Crippen molar-refractivity contribution in [3.8, 4) is 23.0 Å². The van der Waals surface area contributed by atoms with Gasteiger partial charge in [0.2, 0.25) is 0 Å². The normalized spacial score (nSPS) is 11.9. The molecule has 0 spiro atoms. The van der Waals surface area contributed by atoms with Crippen LogP contribution in [-0.4, -0.2) is 111 Å². The average Bonchev–Trinajstić information content (AvgIpc) is 4.18. The molecule has 2 aliphatic heterocycles. The van der Waals surface area contributed by atoms with Crippen LogP contribution in [0.4, 0.5) is 0 Å². The van der Waals surface area contributed by atoms with E-state index in [1.165, 1.54) is 0 Å². The first-order valence-electron chi connectivity index (χ1n) is 22.2. The van der Waals surface area contributed by atoms with Crippen LogP contribution in [0.15, 0.2) is 82.8 Å². The molecule has 0 bridgehead atoms. The average molecular weight is 2120 g/mol. The van der Waals surface area contributed by atoms with Crippen LogP contribution in [0.2, 0.25) is 40.2 Å². The van der Waals surface area contributed by atoms with Gasteiger partial charge in [-0.1, -0.05) is 117 Å². The summed E-state index contributed by atoms with van der Waals surface area (Å²) in [7, 11) is 0. The molecule has 0 aromatic heterocycles. The van der Waals surface area contributed by atoms with Crippen LogP contribution in [0.25, 0.3) is 0 Å². The first-order chi connectivity index (χ1) is 37.1. The van der Waals surface area contributed by atoms with E-state index in [9.17, 15) is 9.59 Å². The molecule has 468 valence electrons. The van der Waals surface area contributed by atoms with Crippen LogP contribution in [0.1, 0.15) is 43.0 Å². The number of carbonyl (C=O) groups excluding carboxylic acids is 3. The van der Waals surface area contributed by atoms with Gasteiger partial charge in [0, 0.05) is 63.4 Å². The topological polar surface area (TPSA) is 251 Å². The van der Waals surface area contributed by atoms with Crippen molar-refractivity contribution in [1.29, 1.82) is 0 Å². The molecule has 83 heavy (non-hydrogen) atoms. The molecule has 36 heteroatoms. The second kappa shape index (κ2) is 67.6. The molecule has 0 aliphatic carbocycles. The Morgan fingerprint density at radius 2 is 0.916 bits per heavy atom. The predicted molar refractivity (Wildman–Crippen MR) is 379 cm³/mol. The van der Waals surface area contributed by atoms with E-state index in [-0.39, 0.29) is 193 Å². The zero-order valence-corrected chi connectivity index (χ0v) is 73.4. The molecule has 4 aromatic carbocycles. The van der Waals surface area contributed by atoms with Crippen LogP contribution in [0, 0.1) is 0 Å². The molecule has 2 heterocycles. The van der Waals surface area contributed by atoms with E-state index in [1.54, 1.807) is 100 Å². The van der Waals surface area contributed by atoms with Crippen molar-refractivity contribution in [3.63, 3.8) is 0 Å². The quantitative estimate of drug-likeness (QED) is 0.0180. The van der Waals surface area contributed by atoms with Gasteiger partial charge in [-0.15, -0.1) is 60.4 Å². The number of carbonyl (C=O) groups is 3. The summed E-state index contributed by atoms with van der Waals surface area (Å²) in [6.45, 7) is 15.5. The molecule has 0 fully saturated rings. The first-order valence-corrected chi connectivity index (χ1v) is 44.5. The Morgan fingerprint density at radius 3 is 1.12 bits per heavy atom. The molecular weight excluding hydrogens is 2050 g/mol. The van der Waals surface area contributed by atoms with Crippen LogP contribution < -0.4 is 158 Å². The van der Waals surface area contributed by atoms with Gasteiger partial charge in [-0.05, 0) is 90.1 Å². The summed E-state index contributed by atoms with van der Waals surface area (Å²) in [5.41, 5.74) is 9.81. The Morgan fingerprint density at radius 1 is 0.651 bits per heavy atom. The summed E-state index contributed by atoms with van der Waals surface area (Å²) in [5, 5.41) is 26.5. The number of alkyl halides is 1. The predicted octanol–water partition coefficient (Wildman–Crippen LogP) is 6.19. The number of hydrogen-bond acceptors (Lipinski definition) is 17. The third kappa shape index (κ3) is 50.3. The smallest absolute Gasteiger partial charge is 1.00 e. The molecule has 4 atom stereocenters. The molecular formula is C47H62Cl11I6K2N6O11-. The minimum atomic E-state index is -0.739. The number of esters is 2. The number of benzene rings is 4. The monoisotopic (exact) mass is 2110 g/mol. The number of rotatable bonds is 14. The number of phenols is 1. The Bertz CT molecular complexity index is 2230. The zero-order valence-electron chi connectivity index (χ0n) is 46.6. The van der Waals surface area contributed by atoms with Crippen molar-refractivity contribution >= 4 is 258 Å². The van der Waals surface area contributed by atoms with Crippen LogP contribution >= 0.6 is 228 Å². The molecule has 4 aromatic rings. The Labute approximate surface area is 700 Å². The van der Waals surface area contributed by atoms with E-state index in [4.69, 9.17) is 150 Å². The SMILES string of the molecule is CC(Oc1c(Cl)cccc1Cl)C1=NCCN1.CC(Oc1c(Cl)cccc1Cl)C1=NCCN1.CCOC(=O)C(C)Cl.CCOC(=O)C(C)Oc1c(Cl)cccc1Cl.Cl.Cl.I.II.I[I-]I.NCCN.O=CO[O-].Oc1c(Cl)cccc1Cl.[H-].[K+].[K+]. The van der Waals surface area contributed by atoms with Gasteiger partial charge in [-0.25, -0.2) is 4.79 Å². The van der Waals surface area contributed by atoms with Crippen molar-refractivity contribution in [1.82, 2.24) is 10.6 Å². The fraction of sp³-hybridized carbons (Fsp3) is 0.383. The van der Waals surface area contributed by atoms with E-state index in [0.29, 0.717) is 86.9 Å². The number of hydrogen-bond donors (Lipinski definition) is 5. The van der Waals surface area contributed by atoms with E-state index in [0.717, 1.165) is 37.9 Å². The van der Waals surface area contributed by atoms with Gasteiger partial charge in [0.05, 0.1) is 66.5 Å². The first kappa shape index (κ1) is 103. The Hall–Kier alpha value is 4.15. The summed E-state index contributed by atoms with van der Waals surface area (Å²) >= 11 is 61.7. The number of nitrogens with two attached hydrogens (primary N) is 2. The molecule has 0 amide bonds. The van der Waals surface area contributed by atoms with E-state index < -0.39 is 17.5 Å². The minimum Gasteiger partial charge on any atom is -1.00 e. The van der Waals surface area contributed by atoms with Crippen molar-refractivity contribution in [2.75, 3.05) is 52.5 Å². The van der Waals surface area contributed by atoms with Gasteiger partial charge < -0.3 is 62.5 Å². The Kier molecular flexibility index (Phi) is 84.1. The number of aliphatic imine (C=N–C) groups is 2. The summed E-state index contributed by atoms with van der Waals surface area (Å²) in [6.07, 6.45) is -1.07. The molecule has 0 saturated carbocycles. The maximum Gasteiger partial charge on any atom is 1.00 e. The van der Waals surface area contributed by atoms with Gasteiger partial charge in [0.25, 0.3) is 6.47 Å². The fourth-order valence-corrected chi connectivity index (χ4v) is 6.78. The Balaban J connectivity index is -0.000000113. The fourth-order valence-electron chi connectivity index (χ4n) is 4.86. The molecule has 6 rings (SSSR count). The van der Waals surface area contributed by atoms with Crippen LogP contribution in [-0.2, 0) is 28.7 Å². The maximum absolute atomic E-state index is 11.3. The van der Waals surface area contributed by atoms with Crippen molar-refractivity contribution in [2.24, 2.45) is 21.5 Å². The molecule has 7 N–H and O–H groups in total. The number of amidine groups is 2. The number of nitrogens with zero attached hydrogens (tertiary/aromatic N) is 2. The molecule has 17 nitrogen and oxygen atoms in total. The summed E-state index contributed by atoms with van der Waals surface area (Å²) < 4.78 is 26.1. The van der Waals surface area contributed by atoms with Gasteiger partial charge in [-0.2, -0.15) is 0 Å². The van der Waals surface area contributed by atoms with Crippen LogP contribution in [0.5, 0.6) is 23.0 Å². The van der Waals surface area contributed by atoms with Crippen LogP contribution in [0.3, 0.4) is 0 Å². The van der Waals surface area contributed by atoms with Gasteiger partial charge in [0.1, 0.15) is 17.0 Å². The molecule has 4 unspecified atom stereocenters. The van der Waals surface area contributed by atoms with Crippen molar-refractivity contribution in [2.45, 2.75) is 65.2 Å². The van der Waals surface area contributed by atoms with Gasteiger partial charge in [0.15, 0.2) is 41.3 Å². The van der Waals surface area contributed by atoms with E-state index in [2.05, 4.69) is 105 Å². The standard InChI is InChI=1S/2C11H12Cl2N2O.C11H12Cl2O3.C6H4Cl2O.C5H9ClO2.C2H8N2.CH2O3.2ClH.I3.I2.HI.2K.H/c2*1-7(11-14-5-6-15-11)16-10-8(12)3-2-4-9(10)13;1-3-15-11(14)7(2)16-10-8(12)5-4-6-9(10)13;7-4-2-1-3-5(8)6(4)9;1-3-8-5(7)4(2)6;3-1-2-4;2-1-4-3;;;1-3-2;1-2;;;;/h2*2-4,7H,5-6H2,1H3,(H,14,15);4-7H,3H2,1-2H3;1-3,9H;4H,3H2,1-2H3;1-4H2;1,3H;2*1H;;;1H;;;/q;;;;;;;;;-1;;;2*+1;-1/p-1. The second-order valence-corrected chi connectivity index (χ2v) is 34.0. The number of halogens is 17. The third-order valence-electron chi connectivity index (χ3n) is 8.18. The zero-order chi connectivity index (χ0) is 60.2. The number of nitrogens with one attached hydrogen (secondary N) is 2. The number of aromatic hydroxyl groups is 1. The third-order valence-corrected chi connectivity index (χ3v) is 10.8. The summed E-state index contributed by atoms with van der Waals surface area (Å²) in [5.74, 6) is 2.15. The summed E-state index contributed by atoms with van der Waals surface area (Å²) in [4.78, 5) is 41.5. The minimum absolute atomic E-state index is 0. The maximum atomic E-state index is 11.3. The van der Waals surface area contributed by atoms with E-state index in [1.807, 2.05) is 13.8 Å². The largest absolute Gasteiger partial charge is 1.00 e. The summed E-state index contributed by atoms with van der Waals surface area (Å²) in [6, 6.07) is 20.4. The van der Waals surface area contributed by atoms with Crippen molar-refractivity contribution in [3.05, 3.63) is 113 Å². The second-order valence-electron chi connectivity index (χ2n) is 13.8. The molecule has 0 radical (unpaired) electrons. The van der Waals surface area contributed by atoms with Crippen molar-refractivity contribution < 1.29 is 171 Å². The van der Waals surface area contributed by atoms with Gasteiger partial charge >= 0.3 is 165 Å². The van der Waals surface area contributed by atoms with Gasteiger partial charge in [-0.3, -0.25) is 19.6 Å². The van der Waals surface area contributed by atoms with E-state index >= 15 is 0 Å². The molecule has 0 saturated heterocycles. The number of ether oxygens (including phenoxy) is 5. The number of phenolic OH excluding ortho intramolecular Hbond substituents is 1.